The van der Waals surface area contributed by atoms with Crippen molar-refractivity contribution in [3.63, 3.8) is 0 Å². The van der Waals surface area contributed by atoms with Gasteiger partial charge in [-0.25, -0.2) is 4.98 Å². The third-order valence-corrected chi connectivity index (χ3v) is 3.25. The molecule has 20 heavy (non-hydrogen) atoms. The van der Waals surface area contributed by atoms with Crippen molar-refractivity contribution in [1.82, 2.24) is 4.98 Å². The molecule has 0 spiro atoms. The van der Waals surface area contributed by atoms with E-state index in [1.807, 2.05) is 6.92 Å². The van der Waals surface area contributed by atoms with E-state index in [4.69, 9.17) is 0 Å². The van der Waals surface area contributed by atoms with E-state index in [9.17, 15) is 13.2 Å². The fraction of sp³-hybridized carbons (Fsp3) is 0.643. The Hall–Kier alpha value is -1.46. The smallest absolute Gasteiger partial charge is 0.370 e. The summed E-state index contributed by atoms with van der Waals surface area (Å²) in [5.41, 5.74) is -0.692. The Morgan fingerprint density at radius 2 is 1.65 bits per heavy atom. The predicted octanol–water partition coefficient (Wildman–Crippen LogP) is 4.24. The van der Waals surface area contributed by atoms with Gasteiger partial charge in [0.2, 0.25) is 0 Å². The van der Waals surface area contributed by atoms with Crippen LogP contribution in [0.3, 0.4) is 0 Å². The molecule has 1 unspecified atom stereocenters. The number of anilines is 2. The monoisotopic (exact) mass is 289 g/mol. The standard InChI is InChI=1S/C14H22F3N3/c1-5-18-12-6-11(14(15,16)17)7-13(20-12)19-8-10(4)9(2)3/h6-7,9-10H,5,8H2,1-4H3,(H2,18,19,20). The lowest BCUT2D eigenvalue weighted by Gasteiger charge is -2.18. The van der Waals surface area contributed by atoms with Crippen LogP contribution in [0.1, 0.15) is 33.3 Å². The summed E-state index contributed by atoms with van der Waals surface area (Å²) in [5, 5.41) is 5.81. The van der Waals surface area contributed by atoms with Crippen molar-refractivity contribution >= 4 is 11.6 Å². The molecule has 114 valence electrons. The molecule has 0 radical (unpaired) electrons. The summed E-state index contributed by atoms with van der Waals surface area (Å²) in [7, 11) is 0. The number of hydrogen-bond donors (Lipinski definition) is 2. The number of halogens is 3. The topological polar surface area (TPSA) is 37.0 Å². The van der Waals surface area contributed by atoms with E-state index in [-0.39, 0.29) is 11.6 Å². The first kappa shape index (κ1) is 16.6. The van der Waals surface area contributed by atoms with E-state index in [0.717, 1.165) is 12.1 Å². The lowest BCUT2D eigenvalue weighted by molar-refractivity contribution is -0.137. The van der Waals surface area contributed by atoms with E-state index >= 15 is 0 Å². The Labute approximate surface area is 118 Å². The normalized spacial score (nSPS) is 13.4. The molecule has 0 aliphatic rings. The van der Waals surface area contributed by atoms with Crippen molar-refractivity contribution in [3.05, 3.63) is 17.7 Å². The molecule has 6 heteroatoms. The summed E-state index contributed by atoms with van der Waals surface area (Å²) in [4.78, 5) is 4.15. The maximum absolute atomic E-state index is 12.8. The zero-order valence-electron chi connectivity index (χ0n) is 12.3. The number of rotatable bonds is 6. The molecule has 1 heterocycles. The lowest BCUT2D eigenvalue weighted by atomic mass is 9.98. The molecular weight excluding hydrogens is 267 g/mol. The van der Waals surface area contributed by atoms with Gasteiger partial charge >= 0.3 is 6.18 Å². The number of aromatic nitrogens is 1. The second-order valence-corrected chi connectivity index (χ2v) is 5.26. The van der Waals surface area contributed by atoms with E-state index in [1.54, 1.807) is 0 Å². The Morgan fingerprint density at radius 3 is 2.10 bits per heavy atom. The highest BCUT2D eigenvalue weighted by atomic mass is 19.4. The maximum atomic E-state index is 12.8. The molecule has 0 aromatic carbocycles. The second-order valence-electron chi connectivity index (χ2n) is 5.26. The van der Waals surface area contributed by atoms with Crippen molar-refractivity contribution < 1.29 is 13.2 Å². The minimum absolute atomic E-state index is 0.238. The third kappa shape index (κ3) is 4.90. The van der Waals surface area contributed by atoms with Crippen molar-refractivity contribution in [3.8, 4) is 0 Å². The summed E-state index contributed by atoms with van der Waals surface area (Å²) >= 11 is 0. The van der Waals surface area contributed by atoms with Crippen molar-refractivity contribution in [2.75, 3.05) is 23.7 Å². The van der Waals surface area contributed by atoms with Gasteiger partial charge in [0, 0.05) is 13.1 Å². The molecule has 0 bridgehead atoms. The van der Waals surface area contributed by atoms with E-state index in [2.05, 4.69) is 36.4 Å². The average Bonchev–Trinajstić information content (AvgIpc) is 2.35. The van der Waals surface area contributed by atoms with Gasteiger partial charge < -0.3 is 10.6 Å². The molecule has 1 aromatic rings. The van der Waals surface area contributed by atoms with Crippen LogP contribution in [0.25, 0.3) is 0 Å². The molecule has 0 amide bonds. The fourth-order valence-electron chi connectivity index (χ4n) is 1.56. The van der Waals surface area contributed by atoms with Gasteiger partial charge in [0.15, 0.2) is 0 Å². The minimum Gasteiger partial charge on any atom is -0.370 e. The summed E-state index contributed by atoms with van der Waals surface area (Å²) in [5.74, 6) is 1.31. The van der Waals surface area contributed by atoms with Crippen LogP contribution in [0, 0.1) is 11.8 Å². The molecular formula is C14H22F3N3. The van der Waals surface area contributed by atoms with Crippen LogP contribution >= 0.6 is 0 Å². The zero-order valence-corrected chi connectivity index (χ0v) is 12.3. The highest BCUT2D eigenvalue weighted by molar-refractivity contribution is 5.49. The minimum atomic E-state index is -4.37. The Balaban J connectivity index is 2.91. The first-order valence-electron chi connectivity index (χ1n) is 6.81. The van der Waals surface area contributed by atoms with Crippen LogP contribution in [0.5, 0.6) is 0 Å². The van der Waals surface area contributed by atoms with Crippen molar-refractivity contribution in [2.24, 2.45) is 11.8 Å². The highest BCUT2D eigenvalue weighted by Crippen LogP contribution is 2.32. The first-order valence-corrected chi connectivity index (χ1v) is 6.81. The Bertz CT molecular complexity index is 430. The molecule has 0 aliphatic heterocycles. The maximum Gasteiger partial charge on any atom is 0.416 e. The summed E-state index contributed by atoms with van der Waals surface area (Å²) in [6.07, 6.45) is -4.37. The van der Waals surface area contributed by atoms with E-state index in [0.29, 0.717) is 24.9 Å². The first-order chi connectivity index (χ1) is 9.24. The zero-order chi connectivity index (χ0) is 15.3. The van der Waals surface area contributed by atoms with Gasteiger partial charge in [0.1, 0.15) is 11.6 Å². The second kappa shape index (κ2) is 6.81. The number of nitrogens with zero attached hydrogens (tertiary/aromatic N) is 1. The van der Waals surface area contributed by atoms with Crippen LogP contribution < -0.4 is 10.6 Å². The molecule has 3 nitrogen and oxygen atoms in total. The van der Waals surface area contributed by atoms with E-state index < -0.39 is 11.7 Å². The van der Waals surface area contributed by atoms with Gasteiger partial charge in [-0.1, -0.05) is 20.8 Å². The molecule has 1 rings (SSSR count). The van der Waals surface area contributed by atoms with Gasteiger partial charge in [-0.2, -0.15) is 13.2 Å². The SMILES string of the molecule is CCNc1cc(C(F)(F)F)cc(NCC(C)C(C)C)n1. The van der Waals surface area contributed by atoms with Gasteiger partial charge in [0.25, 0.3) is 0 Å². The average molecular weight is 289 g/mol. The van der Waals surface area contributed by atoms with Crippen LogP contribution in [-0.2, 0) is 6.18 Å². The number of alkyl halides is 3. The molecule has 0 aliphatic carbocycles. The van der Waals surface area contributed by atoms with Gasteiger partial charge in [0.05, 0.1) is 5.56 Å². The predicted molar refractivity (Wildman–Crippen MR) is 75.9 cm³/mol. The van der Waals surface area contributed by atoms with Crippen LogP contribution in [0.4, 0.5) is 24.8 Å². The quantitative estimate of drug-likeness (QED) is 0.822. The van der Waals surface area contributed by atoms with Crippen molar-refractivity contribution in [2.45, 2.75) is 33.9 Å². The molecule has 2 N–H and O–H groups in total. The van der Waals surface area contributed by atoms with Gasteiger partial charge in [-0.05, 0) is 30.9 Å². The molecule has 0 saturated heterocycles. The molecule has 0 fully saturated rings. The highest BCUT2D eigenvalue weighted by Gasteiger charge is 2.31. The van der Waals surface area contributed by atoms with Crippen LogP contribution in [0.15, 0.2) is 12.1 Å². The molecule has 1 atom stereocenters. The Kier molecular flexibility index (Phi) is 5.65. The van der Waals surface area contributed by atoms with E-state index in [1.165, 1.54) is 0 Å². The summed E-state index contributed by atoms with van der Waals surface area (Å²) in [6, 6.07) is 2.08. The number of nitrogens with one attached hydrogen (secondary N) is 2. The molecule has 0 saturated carbocycles. The number of pyridine rings is 1. The van der Waals surface area contributed by atoms with Gasteiger partial charge in [-0.3, -0.25) is 0 Å². The summed E-state index contributed by atoms with van der Waals surface area (Å²) in [6.45, 7) is 9.14. The van der Waals surface area contributed by atoms with Gasteiger partial charge in [-0.15, -0.1) is 0 Å². The van der Waals surface area contributed by atoms with Crippen molar-refractivity contribution in [1.29, 1.82) is 0 Å². The third-order valence-electron chi connectivity index (χ3n) is 3.25. The van der Waals surface area contributed by atoms with Crippen LogP contribution in [0.2, 0.25) is 0 Å². The number of hydrogen-bond acceptors (Lipinski definition) is 3. The van der Waals surface area contributed by atoms with Crippen LogP contribution in [-0.4, -0.2) is 18.1 Å². The Morgan fingerprint density at radius 1 is 1.10 bits per heavy atom. The lowest BCUT2D eigenvalue weighted by Crippen LogP contribution is -2.18. The fourth-order valence-corrected chi connectivity index (χ4v) is 1.56. The largest absolute Gasteiger partial charge is 0.416 e. The molecule has 1 aromatic heterocycles. The summed E-state index contributed by atoms with van der Waals surface area (Å²) < 4.78 is 38.5.